The first-order valence-corrected chi connectivity index (χ1v) is 10.0. The summed E-state index contributed by atoms with van der Waals surface area (Å²) in [6.07, 6.45) is 3.26. The van der Waals surface area contributed by atoms with Crippen LogP contribution >= 0.6 is 0 Å². The third kappa shape index (κ3) is 4.00. The highest BCUT2D eigenvalue weighted by Crippen LogP contribution is 2.28. The van der Waals surface area contributed by atoms with Crippen molar-refractivity contribution >= 4 is 6.03 Å². The van der Waals surface area contributed by atoms with Gasteiger partial charge < -0.3 is 14.7 Å². The molecule has 2 aromatic carbocycles. The van der Waals surface area contributed by atoms with E-state index in [4.69, 9.17) is 4.52 Å². The number of rotatable bonds is 5. The zero-order valence-corrected chi connectivity index (χ0v) is 16.6. The van der Waals surface area contributed by atoms with Crippen LogP contribution < -0.4 is 5.32 Å². The van der Waals surface area contributed by atoms with Crippen molar-refractivity contribution in [2.24, 2.45) is 0 Å². The van der Waals surface area contributed by atoms with Gasteiger partial charge in [0.1, 0.15) is 0 Å². The van der Waals surface area contributed by atoms with Crippen LogP contribution in [-0.2, 0) is 0 Å². The van der Waals surface area contributed by atoms with Gasteiger partial charge in [0.15, 0.2) is 0 Å². The molecular weight excluding hydrogens is 392 g/mol. The molecule has 1 aliphatic rings. The lowest BCUT2D eigenvalue weighted by Gasteiger charge is -2.38. The monoisotopic (exact) mass is 412 g/mol. The maximum atomic E-state index is 12.9. The molecule has 154 valence electrons. The maximum absolute atomic E-state index is 12.9. The van der Waals surface area contributed by atoms with Gasteiger partial charge in [-0.05, 0) is 17.2 Å². The summed E-state index contributed by atoms with van der Waals surface area (Å²) >= 11 is 0. The molecule has 0 saturated carbocycles. The summed E-state index contributed by atoms with van der Waals surface area (Å²) in [6, 6.07) is 21.3. The Morgan fingerprint density at radius 2 is 1.52 bits per heavy atom. The Kier molecular flexibility index (Phi) is 5.10. The zero-order chi connectivity index (χ0) is 21.0. The van der Waals surface area contributed by atoms with Crippen LogP contribution in [0.3, 0.4) is 0 Å². The first-order chi connectivity index (χ1) is 15.3. The van der Waals surface area contributed by atoms with Gasteiger partial charge in [-0.3, -0.25) is 0 Å². The lowest BCUT2D eigenvalue weighted by atomic mass is 9.98. The van der Waals surface area contributed by atoms with Crippen LogP contribution in [0.2, 0.25) is 0 Å². The topological polar surface area (TPSA) is 97.0 Å². The average Bonchev–Trinajstić information content (AvgIpc) is 3.28. The largest absolute Gasteiger partial charge is 0.338 e. The Labute approximate surface area is 179 Å². The first kappa shape index (κ1) is 18.9. The minimum absolute atomic E-state index is 0.00242. The SMILES string of the molecule is O=C(NC(c1ccccc1)c1ccccc1)N1CC(c2nc(-c3ncccn3)no2)C1. The van der Waals surface area contributed by atoms with Crippen LogP contribution in [0.15, 0.2) is 83.6 Å². The first-order valence-electron chi connectivity index (χ1n) is 10.0. The molecule has 0 unspecified atom stereocenters. The highest BCUT2D eigenvalue weighted by molar-refractivity contribution is 5.76. The van der Waals surface area contributed by atoms with Crippen LogP contribution in [0.25, 0.3) is 11.6 Å². The smallest absolute Gasteiger partial charge is 0.318 e. The molecule has 0 atom stereocenters. The van der Waals surface area contributed by atoms with Crippen LogP contribution in [-0.4, -0.2) is 44.1 Å². The Morgan fingerprint density at radius 3 is 2.13 bits per heavy atom. The molecule has 8 nitrogen and oxygen atoms in total. The van der Waals surface area contributed by atoms with Gasteiger partial charge >= 0.3 is 6.03 Å². The van der Waals surface area contributed by atoms with Crippen LogP contribution in [0, 0.1) is 0 Å². The normalized spacial score (nSPS) is 13.8. The van der Waals surface area contributed by atoms with E-state index in [0.29, 0.717) is 30.6 Å². The highest BCUT2D eigenvalue weighted by atomic mass is 16.5. The summed E-state index contributed by atoms with van der Waals surface area (Å²) < 4.78 is 5.37. The Bertz CT molecular complexity index is 1100. The number of likely N-dealkylation sites (tertiary alicyclic amines) is 1. The van der Waals surface area contributed by atoms with Crippen LogP contribution in [0.5, 0.6) is 0 Å². The van der Waals surface area contributed by atoms with Crippen molar-refractivity contribution in [3.8, 4) is 11.6 Å². The second-order valence-electron chi connectivity index (χ2n) is 7.33. The van der Waals surface area contributed by atoms with E-state index in [1.54, 1.807) is 23.4 Å². The number of nitrogens with one attached hydrogen (secondary N) is 1. The van der Waals surface area contributed by atoms with Gasteiger partial charge in [-0.2, -0.15) is 4.98 Å². The van der Waals surface area contributed by atoms with Crippen molar-refractivity contribution in [2.45, 2.75) is 12.0 Å². The number of carbonyl (C=O) groups is 1. The fourth-order valence-corrected chi connectivity index (χ4v) is 3.57. The Morgan fingerprint density at radius 1 is 0.903 bits per heavy atom. The number of benzene rings is 2. The number of urea groups is 1. The van der Waals surface area contributed by atoms with Crippen LogP contribution in [0.4, 0.5) is 4.79 Å². The van der Waals surface area contributed by atoms with E-state index in [2.05, 4.69) is 25.4 Å². The molecule has 2 amide bonds. The van der Waals surface area contributed by atoms with Gasteiger partial charge in [0.05, 0.1) is 12.0 Å². The van der Waals surface area contributed by atoms with E-state index in [9.17, 15) is 4.79 Å². The molecular formula is C23H20N6O2. The highest BCUT2D eigenvalue weighted by Gasteiger charge is 2.36. The summed E-state index contributed by atoms with van der Waals surface area (Å²) in [6.45, 7) is 1.03. The molecule has 1 N–H and O–H groups in total. The number of amides is 2. The molecule has 3 heterocycles. The molecule has 1 aliphatic heterocycles. The van der Waals surface area contributed by atoms with Crippen molar-refractivity contribution in [2.75, 3.05) is 13.1 Å². The molecule has 1 saturated heterocycles. The Balaban J connectivity index is 1.25. The fourth-order valence-electron chi connectivity index (χ4n) is 3.57. The molecule has 1 fully saturated rings. The average molecular weight is 412 g/mol. The van der Waals surface area contributed by atoms with Crippen molar-refractivity contribution in [1.82, 2.24) is 30.3 Å². The molecule has 5 rings (SSSR count). The van der Waals surface area contributed by atoms with Crippen molar-refractivity contribution in [3.05, 3.63) is 96.1 Å². The number of nitrogens with zero attached hydrogens (tertiary/aromatic N) is 5. The second kappa shape index (κ2) is 8.35. The van der Waals surface area contributed by atoms with Crippen LogP contribution in [0.1, 0.15) is 29.0 Å². The minimum Gasteiger partial charge on any atom is -0.338 e. The molecule has 0 bridgehead atoms. The number of carbonyl (C=O) groups excluding carboxylic acids is 1. The van der Waals surface area contributed by atoms with E-state index in [-0.39, 0.29) is 18.0 Å². The summed E-state index contributed by atoms with van der Waals surface area (Å²) in [5.74, 6) is 1.27. The number of aromatic nitrogens is 4. The molecule has 0 spiro atoms. The standard InChI is InChI=1S/C23H20N6O2/c30-23(26-19(16-8-3-1-4-9-16)17-10-5-2-6-11-17)29-14-18(15-29)22-27-21(28-31-22)20-24-12-7-13-25-20/h1-13,18-19H,14-15H2,(H,26,30). The molecule has 4 aromatic rings. The molecule has 0 aliphatic carbocycles. The number of hydrogen-bond donors (Lipinski definition) is 1. The molecule has 2 aromatic heterocycles. The predicted octanol–water partition coefficient (Wildman–Crippen LogP) is 3.43. The van der Waals surface area contributed by atoms with Gasteiger partial charge in [-0.15, -0.1) is 0 Å². The quantitative estimate of drug-likeness (QED) is 0.539. The van der Waals surface area contributed by atoms with Crippen molar-refractivity contribution < 1.29 is 9.32 Å². The Hall–Kier alpha value is -4.07. The summed E-state index contributed by atoms with van der Waals surface area (Å²) in [7, 11) is 0. The number of hydrogen-bond acceptors (Lipinski definition) is 6. The van der Waals surface area contributed by atoms with E-state index in [1.807, 2.05) is 60.7 Å². The second-order valence-corrected chi connectivity index (χ2v) is 7.33. The van der Waals surface area contributed by atoms with Crippen molar-refractivity contribution in [1.29, 1.82) is 0 Å². The summed E-state index contributed by atoms with van der Waals surface area (Å²) in [4.78, 5) is 27.3. The molecule has 31 heavy (non-hydrogen) atoms. The summed E-state index contributed by atoms with van der Waals surface area (Å²) in [5.41, 5.74) is 2.06. The predicted molar refractivity (Wildman–Crippen MR) is 113 cm³/mol. The van der Waals surface area contributed by atoms with Gasteiger partial charge in [0.2, 0.25) is 17.5 Å². The fraction of sp³-hybridized carbons (Fsp3) is 0.174. The van der Waals surface area contributed by atoms with E-state index in [1.165, 1.54) is 0 Å². The lowest BCUT2D eigenvalue weighted by molar-refractivity contribution is 0.135. The third-order valence-electron chi connectivity index (χ3n) is 5.26. The van der Waals surface area contributed by atoms with Gasteiger partial charge in [0.25, 0.3) is 0 Å². The van der Waals surface area contributed by atoms with Crippen molar-refractivity contribution in [3.63, 3.8) is 0 Å². The summed E-state index contributed by atoms with van der Waals surface area (Å²) in [5, 5.41) is 7.11. The van der Waals surface area contributed by atoms with E-state index in [0.717, 1.165) is 11.1 Å². The van der Waals surface area contributed by atoms with E-state index < -0.39 is 0 Å². The lowest BCUT2D eigenvalue weighted by Crippen LogP contribution is -2.53. The molecule has 0 radical (unpaired) electrons. The maximum Gasteiger partial charge on any atom is 0.318 e. The van der Waals surface area contributed by atoms with Gasteiger partial charge in [-0.25, -0.2) is 14.8 Å². The minimum atomic E-state index is -0.223. The van der Waals surface area contributed by atoms with Gasteiger partial charge in [0, 0.05) is 25.5 Å². The third-order valence-corrected chi connectivity index (χ3v) is 5.26. The zero-order valence-electron chi connectivity index (χ0n) is 16.6. The van der Waals surface area contributed by atoms with Gasteiger partial charge in [-0.1, -0.05) is 65.8 Å². The molecule has 8 heteroatoms. The van der Waals surface area contributed by atoms with E-state index >= 15 is 0 Å².